The zero-order chi connectivity index (χ0) is 20.4. The van der Waals surface area contributed by atoms with Gasteiger partial charge in [0.25, 0.3) is 0 Å². The van der Waals surface area contributed by atoms with Gasteiger partial charge in [0.15, 0.2) is 0 Å². The molecule has 0 radical (unpaired) electrons. The van der Waals surface area contributed by atoms with E-state index >= 15 is 0 Å². The molecular formula is C24H38N4O. The monoisotopic (exact) mass is 398 g/mol. The van der Waals surface area contributed by atoms with E-state index in [1.807, 2.05) is 0 Å². The zero-order valence-corrected chi connectivity index (χ0v) is 18.4. The highest BCUT2D eigenvalue weighted by Crippen LogP contribution is 2.27. The van der Waals surface area contributed by atoms with E-state index in [0.29, 0.717) is 18.1 Å². The summed E-state index contributed by atoms with van der Waals surface area (Å²) in [6, 6.07) is 10.5. The summed E-state index contributed by atoms with van der Waals surface area (Å²) in [5.41, 5.74) is 2.73. The Bertz CT molecular complexity index is 793. The smallest absolute Gasteiger partial charge is 0.0481 e. The molecule has 2 aliphatic rings. The average molecular weight is 399 g/mol. The number of benzene rings is 1. The second-order valence-corrected chi connectivity index (χ2v) is 9.28. The minimum atomic E-state index is 0.286. The van der Waals surface area contributed by atoms with Crippen LogP contribution in [0.1, 0.15) is 38.7 Å². The molecule has 0 saturated carbocycles. The quantitative estimate of drug-likeness (QED) is 0.811. The second kappa shape index (κ2) is 9.17. The van der Waals surface area contributed by atoms with E-state index in [-0.39, 0.29) is 6.61 Å². The molecule has 4 rings (SSSR count). The molecule has 2 saturated heterocycles. The number of piperidine rings is 1. The van der Waals surface area contributed by atoms with E-state index in [2.05, 4.69) is 70.6 Å². The highest BCUT2D eigenvalue weighted by molar-refractivity contribution is 5.83. The first kappa shape index (κ1) is 20.9. The molecule has 1 N–H and O–H groups in total. The zero-order valence-electron chi connectivity index (χ0n) is 18.4. The fourth-order valence-corrected chi connectivity index (χ4v) is 5.49. The number of rotatable bonds is 6. The number of piperazine rings is 1. The van der Waals surface area contributed by atoms with Crippen LogP contribution in [0, 0.1) is 0 Å². The number of aliphatic hydroxyl groups is 1. The van der Waals surface area contributed by atoms with E-state index in [1.54, 1.807) is 0 Å². The van der Waals surface area contributed by atoms with Crippen molar-refractivity contribution in [1.29, 1.82) is 0 Å². The van der Waals surface area contributed by atoms with Gasteiger partial charge in [-0.2, -0.15) is 0 Å². The van der Waals surface area contributed by atoms with Crippen LogP contribution in [0.4, 0.5) is 0 Å². The lowest BCUT2D eigenvalue weighted by atomic mass is 9.97. The first-order valence-corrected chi connectivity index (χ1v) is 11.4. The first-order valence-electron chi connectivity index (χ1n) is 11.4. The van der Waals surface area contributed by atoms with Crippen molar-refractivity contribution in [2.75, 3.05) is 39.3 Å². The molecule has 0 spiro atoms. The van der Waals surface area contributed by atoms with Crippen molar-refractivity contribution < 1.29 is 5.11 Å². The molecule has 5 nitrogen and oxygen atoms in total. The summed E-state index contributed by atoms with van der Waals surface area (Å²) >= 11 is 0. The summed E-state index contributed by atoms with van der Waals surface area (Å²) in [6.45, 7) is 11.6. The van der Waals surface area contributed by atoms with Crippen LogP contribution in [0.15, 0.2) is 30.5 Å². The summed E-state index contributed by atoms with van der Waals surface area (Å²) in [7, 11) is 2.14. The number of hydrogen-bond acceptors (Lipinski definition) is 4. The van der Waals surface area contributed by atoms with Crippen LogP contribution < -0.4 is 0 Å². The van der Waals surface area contributed by atoms with Crippen LogP contribution in [0.3, 0.4) is 0 Å². The maximum atomic E-state index is 9.71. The van der Waals surface area contributed by atoms with Crippen LogP contribution in [0.25, 0.3) is 10.9 Å². The van der Waals surface area contributed by atoms with E-state index in [1.165, 1.54) is 42.4 Å². The molecule has 1 atom stereocenters. The molecule has 5 heteroatoms. The van der Waals surface area contributed by atoms with E-state index in [0.717, 1.165) is 32.6 Å². The standard InChI is InChI=1S/C24H38N4O/c1-19(2)27-11-8-21(9-12-27)28-14-13-26(18-22(28)10-15-29)17-20-16-25(3)24-7-5-4-6-23(20)24/h4-7,16,19,21-22,29H,8-15,17-18H2,1-3H3/t22-/m0/s1. The van der Waals surface area contributed by atoms with Crippen LogP contribution in [0.2, 0.25) is 0 Å². The van der Waals surface area contributed by atoms with E-state index in [9.17, 15) is 5.11 Å². The van der Waals surface area contributed by atoms with Gasteiger partial charge in [0.2, 0.25) is 0 Å². The van der Waals surface area contributed by atoms with Crippen LogP contribution in [-0.4, -0.2) is 81.8 Å². The lowest BCUT2D eigenvalue weighted by molar-refractivity contribution is 0.0000651. The Morgan fingerprint density at radius 3 is 2.55 bits per heavy atom. The predicted octanol–water partition coefficient (Wildman–Crippen LogP) is 2.92. The number of nitrogens with zero attached hydrogens (tertiary/aromatic N) is 4. The second-order valence-electron chi connectivity index (χ2n) is 9.28. The Labute approximate surface area is 175 Å². The van der Waals surface area contributed by atoms with Crippen molar-refractivity contribution in [3.05, 3.63) is 36.0 Å². The van der Waals surface area contributed by atoms with Crippen LogP contribution in [0.5, 0.6) is 0 Å². The van der Waals surface area contributed by atoms with Gasteiger partial charge in [-0.15, -0.1) is 0 Å². The molecule has 0 aliphatic carbocycles. The molecule has 2 aliphatic heterocycles. The lowest BCUT2D eigenvalue weighted by Crippen LogP contribution is -2.58. The fraction of sp³-hybridized carbons (Fsp3) is 0.667. The highest BCUT2D eigenvalue weighted by Gasteiger charge is 2.34. The molecule has 2 aromatic rings. The highest BCUT2D eigenvalue weighted by atomic mass is 16.3. The van der Waals surface area contributed by atoms with Gasteiger partial charge >= 0.3 is 0 Å². The molecule has 160 valence electrons. The van der Waals surface area contributed by atoms with Crippen molar-refractivity contribution in [2.24, 2.45) is 7.05 Å². The molecule has 29 heavy (non-hydrogen) atoms. The maximum Gasteiger partial charge on any atom is 0.0481 e. The first-order chi connectivity index (χ1) is 14.1. The third-order valence-corrected chi connectivity index (χ3v) is 7.15. The predicted molar refractivity (Wildman–Crippen MR) is 120 cm³/mol. The van der Waals surface area contributed by atoms with Gasteiger partial charge in [-0.1, -0.05) is 18.2 Å². The van der Waals surface area contributed by atoms with Gasteiger partial charge in [-0.05, 0) is 57.8 Å². The molecule has 0 amide bonds. The Kier molecular flexibility index (Phi) is 6.60. The molecular weight excluding hydrogens is 360 g/mol. The topological polar surface area (TPSA) is 34.9 Å². The van der Waals surface area contributed by atoms with Crippen LogP contribution >= 0.6 is 0 Å². The number of aryl methyl sites for hydroxylation is 1. The van der Waals surface area contributed by atoms with Gasteiger partial charge in [-0.3, -0.25) is 9.80 Å². The van der Waals surface area contributed by atoms with Gasteiger partial charge < -0.3 is 14.6 Å². The van der Waals surface area contributed by atoms with E-state index in [4.69, 9.17) is 0 Å². The third-order valence-electron chi connectivity index (χ3n) is 7.15. The van der Waals surface area contributed by atoms with Crippen molar-refractivity contribution in [1.82, 2.24) is 19.3 Å². The molecule has 1 aromatic carbocycles. The Morgan fingerprint density at radius 2 is 1.83 bits per heavy atom. The minimum absolute atomic E-state index is 0.286. The maximum absolute atomic E-state index is 9.71. The number of likely N-dealkylation sites (tertiary alicyclic amines) is 1. The Morgan fingerprint density at radius 1 is 1.07 bits per heavy atom. The summed E-state index contributed by atoms with van der Waals surface area (Å²) in [5.74, 6) is 0. The molecule has 2 fully saturated rings. The largest absolute Gasteiger partial charge is 0.396 e. The number of para-hydroxylation sites is 1. The van der Waals surface area contributed by atoms with Crippen molar-refractivity contribution in [3.63, 3.8) is 0 Å². The Balaban J connectivity index is 1.41. The molecule has 1 aromatic heterocycles. The van der Waals surface area contributed by atoms with Crippen molar-refractivity contribution >= 4 is 10.9 Å². The van der Waals surface area contributed by atoms with Crippen molar-refractivity contribution in [2.45, 2.75) is 57.8 Å². The molecule has 0 bridgehead atoms. The molecule has 0 unspecified atom stereocenters. The Hall–Kier alpha value is -1.40. The summed E-state index contributed by atoms with van der Waals surface area (Å²) in [4.78, 5) is 7.93. The van der Waals surface area contributed by atoms with Crippen molar-refractivity contribution in [3.8, 4) is 0 Å². The number of hydrogen-bond donors (Lipinski definition) is 1. The number of fused-ring (bicyclic) bond motifs is 1. The number of aromatic nitrogens is 1. The van der Waals surface area contributed by atoms with Gasteiger partial charge in [0, 0.05) is 75.1 Å². The lowest BCUT2D eigenvalue weighted by Gasteiger charge is -2.48. The third kappa shape index (κ3) is 4.53. The van der Waals surface area contributed by atoms with E-state index < -0.39 is 0 Å². The fourth-order valence-electron chi connectivity index (χ4n) is 5.49. The van der Waals surface area contributed by atoms with Crippen LogP contribution in [-0.2, 0) is 13.6 Å². The number of aliphatic hydroxyl groups excluding tert-OH is 1. The summed E-state index contributed by atoms with van der Waals surface area (Å²) < 4.78 is 2.24. The average Bonchev–Trinajstić information content (AvgIpc) is 3.04. The molecule has 3 heterocycles. The summed E-state index contributed by atoms with van der Waals surface area (Å²) in [5, 5.41) is 11.1. The van der Waals surface area contributed by atoms with Gasteiger partial charge in [-0.25, -0.2) is 0 Å². The van der Waals surface area contributed by atoms with Gasteiger partial charge in [0.1, 0.15) is 0 Å². The van der Waals surface area contributed by atoms with Gasteiger partial charge in [0.05, 0.1) is 0 Å². The summed E-state index contributed by atoms with van der Waals surface area (Å²) in [6.07, 6.45) is 5.71. The minimum Gasteiger partial charge on any atom is -0.396 e. The normalized spacial score (nSPS) is 23.4. The SMILES string of the molecule is CC(C)N1CCC(N2CCN(Cc3cn(C)c4ccccc34)C[C@@H]2CCO)CC1.